The average Bonchev–Trinajstić information content (AvgIpc) is 2.17. The zero-order valence-electron chi connectivity index (χ0n) is 9.13. The molecule has 0 saturated heterocycles. The maximum Gasteiger partial charge on any atom is 1.00 e. The molecule has 0 radical (unpaired) electrons. The molecule has 5 nitrogen and oxygen atoms in total. The molecule has 0 N–H and O–H groups in total. The van der Waals surface area contributed by atoms with E-state index in [1.165, 1.54) is 18.3 Å². The molecule has 0 amide bonds. The molecule has 0 bridgehead atoms. The normalized spacial score (nSPS) is 10.6. The van der Waals surface area contributed by atoms with E-state index in [1.54, 1.807) is 6.92 Å². The van der Waals surface area contributed by atoms with Gasteiger partial charge in [-0.3, -0.25) is 4.98 Å². The maximum atomic E-state index is 11.6. The molecule has 1 aromatic heterocycles. The summed E-state index contributed by atoms with van der Waals surface area (Å²) >= 11 is 0. The van der Waals surface area contributed by atoms with E-state index in [-0.39, 0.29) is 29.5 Å². The molecule has 16 heavy (non-hydrogen) atoms. The Labute approximate surface area is 106 Å². The van der Waals surface area contributed by atoms with Gasteiger partial charge >= 0.3 is 18.9 Å². The molecule has 82 valence electrons. The summed E-state index contributed by atoms with van der Waals surface area (Å²) in [4.78, 5) is 13.8. The fourth-order valence-corrected chi connectivity index (χ4v) is 2.65. The van der Waals surface area contributed by atoms with E-state index in [1.807, 2.05) is 0 Å². The van der Waals surface area contributed by atoms with Crippen LogP contribution in [0.2, 0.25) is 0 Å². The van der Waals surface area contributed by atoms with E-state index in [9.17, 15) is 18.3 Å². The van der Waals surface area contributed by atoms with Crippen LogP contribution in [0.4, 0.5) is 0 Å². The van der Waals surface area contributed by atoms with Gasteiger partial charge in [0, 0.05) is 6.20 Å². The zero-order chi connectivity index (χ0) is 11.5. The van der Waals surface area contributed by atoms with Crippen molar-refractivity contribution in [3.63, 3.8) is 0 Å². The van der Waals surface area contributed by atoms with Crippen LogP contribution < -0.4 is 24.0 Å². The molecule has 0 unspecified atom stereocenters. The van der Waals surface area contributed by atoms with E-state index in [0.717, 1.165) is 0 Å². The molecule has 0 spiro atoms. The summed E-state index contributed by atoms with van der Waals surface area (Å²) < 4.78 is 23.3. The number of pyridine rings is 1. The third-order valence-corrected chi connectivity index (χ3v) is 3.72. The minimum Gasteiger partial charge on any atom is -0.543 e. The van der Waals surface area contributed by atoms with Crippen LogP contribution in [0, 0.1) is 0 Å². The minimum atomic E-state index is -3.57. The van der Waals surface area contributed by atoms with E-state index >= 15 is 0 Å². The smallest absolute Gasteiger partial charge is 0.543 e. The number of carboxylic acid groups (broad SMARTS) is 1. The fourth-order valence-electron chi connectivity index (χ4n) is 1.17. The van der Waals surface area contributed by atoms with Gasteiger partial charge < -0.3 is 9.90 Å². The summed E-state index contributed by atoms with van der Waals surface area (Å²) in [6.45, 7) is 1.70. The Bertz CT molecular complexity index is 472. The molecule has 0 fully saturated rings. The van der Waals surface area contributed by atoms with Crippen LogP contribution in [0.25, 0.3) is 0 Å². The Morgan fingerprint density at radius 1 is 1.50 bits per heavy atom. The quantitative estimate of drug-likeness (QED) is 0.508. The van der Waals surface area contributed by atoms with Gasteiger partial charge in [0.15, 0.2) is 9.84 Å². The Balaban J connectivity index is 0.00000225. The second-order valence-corrected chi connectivity index (χ2v) is 5.03. The Kier molecular flexibility index (Phi) is 5.73. The molecule has 0 aliphatic rings. The fraction of sp³-hybridized carbons (Fsp3) is 0.333. The topological polar surface area (TPSA) is 87.2 Å². The maximum absolute atomic E-state index is 11.6. The molecule has 1 aromatic rings. The van der Waals surface area contributed by atoms with Gasteiger partial charge in [-0.05, 0) is 18.6 Å². The molecular formula is C9H10LiNO4S. The predicted octanol–water partition coefficient (Wildman–Crippen LogP) is -3.37. The number of hydrogen-bond acceptors (Lipinski definition) is 5. The van der Waals surface area contributed by atoms with Crippen molar-refractivity contribution >= 4 is 15.8 Å². The van der Waals surface area contributed by atoms with Crippen LogP contribution >= 0.6 is 0 Å². The summed E-state index contributed by atoms with van der Waals surface area (Å²) in [6.07, 6.45) is 1.64. The van der Waals surface area contributed by atoms with E-state index in [2.05, 4.69) is 4.98 Å². The SMILES string of the molecule is CCCS(=O)(=O)c1cccnc1C(=O)[O-].[Li+]. The first-order valence-corrected chi connectivity index (χ1v) is 6.03. The Morgan fingerprint density at radius 2 is 2.12 bits per heavy atom. The van der Waals surface area contributed by atoms with Gasteiger partial charge in [0.2, 0.25) is 0 Å². The van der Waals surface area contributed by atoms with Crippen LogP contribution in [0.1, 0.15) is 23.8 Å². The first-order chi connectivity index (χ1) is 6.99. The van der Waals surface area contributed by atoms with Crippen LogP contribution in [-0.4, -0.2) is 25.1 Å². The molecule has 7 heteroatoms. The Morgan fingerprint density at radius 3 is 2.62 bits per heavy atom. The number of carboxylic acids is 1. The number of aromatic nitrogens is 1. The van der Waals surface area contributed by atoms with Gasteiger partial charge in [-0.15, -0.1) is 0 Å². The molecule has 0 atom stereocenters. The number of rotatable bonds is 4. The van der Waals surface area contributed by atoms with Crippen LogP contribution in [0.5, 0.6) is 0 Å². The first kappa shape index (κ1) is 15.2. The molecule has 0 saturated carbocycles. The average molecular weight is 235 g/mol. The van der Waals surface area contributed by atoms with Gasteiger partial charge in [0.05, 0.1) is 16.6 Å². The molecular weight excluding hydrogens is 225 g/mol. The zero-order valence-corrected chi connectivity index (χ0v) is 9.95. The van der Waals surface area contributed by atoms with Crippen molar-refractivity contribution in [2.24, 2.45) is 0 Å². The van der Waals surface area contributed by atoms with Crippen LogP contribution in [0.3, 0.4) is 0 Å². The number of sulfone groups is 1. The number of hydrogen-bond donors (Lipinski definition) is 0. The second kappa shape index (κ2) is 6.04. The second-order valence-electron chi connectivity index (χ2n) is 2.96. The van der Waals surface area contributed by atoms with E-state index in [4.69, 9.17) is 0 Å². The van der Waals surface area contributed by atoms with E-state index < -0.39 is 21.5 Å². The van der Waals surface area contributed by atoms with Crippen molar-refractivity contribution in [1.29, 1.82) is 0 Å². The molecule has 0 aliphatic heterocycles. The van der Waals surface area contributed by atoms with Crippen LogP contribution in [0.15, 0.2) is 23.2 Å². The van der Waals surface area contributed by atoms with Gasteiger partial charge in [-0.1, -0.05) is 6.92 Å². The van der Waals surface area contributed by atoms with Crippen molar-refractivity contribution in [1.82, 2.24) is 4.98 Å². The number of nitrogens with zero attached hydrogens (tertiary/aromatic N) is 1. The first-order valence-electron chi connectivity index (χ1n) is 4.38. The minimum absolute atomic E-state index is 0. The Hall–Kier alpha value is -0.833. The summed E-state index contributed by atoms with van der Waals surface area (Å²) in [5, 5.41) is 10.6. The number of aromatic carboxylic acids is 1. The van der Waals surface area contributed by atoms with Crippen molar-refractivity contribution in [2.45, 2.75) is 18.2 Å². The molecule has 1 heterocycles. The van der Waals surface area contributed by atoms with Crippen molar-refractivity contribution < 1.29 is 37.2 Å². The van der Waals surface area contributed by atoms with Crippen molar-refractivity contribution in [3.05, 3.63) is 24.0 Å². The molecule has 0 aliphatic carbocycles. The van der Waals surface area contributed by atoms with Gasteiger partial charge in [0.1, 0.15) is 5.69 Å². The summed E-state index contributed by atoms with van der Waals surface area (Å²) in [5.74, 6) is -1.68. The largest absolute Gasteiger partial charge is 1.00 e. The van der Waals surface area contributed by atoms with Gasteiger partial charge in [-0.2, -0.15) is 0 Å². The van der Waals surface area contributed by atoms with Crippen molar-refractivity contribution in [3.8, 4) is 0 Å². The standard InChI is InChI=1S/C9H11NO4S.Li/c1-2-6-15(13,14)7-4-3-5-10-8(7)9(11)12;/h3-5H,2,6H2,1H3,(H,11,12);/q;+1/p-1. The monoisotopic (exact) mass is 235 g/mol. The summed E-state index contributed by atoms with van der Waals surface area (Å²) in [5.41, 5.74) is -0.522. The van der Waals surface area contributed by atoms with Gasteiger partial charge in [0.25, 0.3) is 0 Å². The number of carbonyl (C=O) groups is 1. The summed E-state index contributed by atoms with van der Waals surface area (Å²) in [6, 6.07) is 2.61. The molecule has 1 rings (SSSR count). The summed E-state index contributed by atoms with van der Waals surface area (Å²) in [7, 11) is -3.57. The van der Waals surface area contributed by atoms with Crippen LogP contribution in [-0.2, 0) is 9.84 Å². The van der Waals surface area contributed by atoms with Gasteiger partial charge in [-0.25, -0.2) is 8.42 Å². The van der Waals surface area contributed by atoms with Crippen molar-refractivity contribution in [2.75, 3.05) is 5.75 Å². The van der Waals surface area contributed by atoms with E-state index in [0.29, 0.717) is 6.42 Å². The third-order valence-electron chi connectivity index (χ3n) is 1.77. The molecule has 0 aromatic carbocycles. The third kappa shape index (κ3) is 3.34. The number of carbonyl (C=O) groups excluding carboxylic acids is 1. The predicted molar refractivity (Wildman–Crippen MR) is 50.9 cm³/mol.